The third-order valence-electron chi connectivity index (χ3n) is 3.50. The van der Waals surface area contributed by atoms with Gasteiger partial charge < -0.3 is 10.1 Å². The van der Waals surface area contributed by atoms with E-state index in [1.807, 2.05) is 18.2 Å². The van der Waals surface area contributed by atoms with Gasteiger partial charge in [-0.1, -0.05) is 11.6 Å². The molecule has 1 heterocycles. The Kier molecular flexibility index (Phi) is 4.07. The average molecular weight is 273 g/mol. The first-order valence-electron chi connectivity index (χ1n) is 5.67. The Morgan fingerprint density at radius 2 is 2.22 bits per heavy atom. The van der Waals surface area contributed by atoms with Gasteiger partial charge in [0.05, 0.1) is 5.92 Å². The topological polar surface area (TPSA) is 53.1 Å². The molecule has 3 rings (SSSR count). The molecule has 5 heteroatoms. The van der Waals surface area contributed by atoms with E-state index in [2.05, 4.69) is 4.98 Å². The summed E-state index contributed by atoms with van der Waals surface area (Å²) in [7, 11) is 0. The maximum atomic E-state index is 11.0. The molecule has 89 valence electrons. The number of carboxylic acid groups (broad SMARTS) is 1. The van der Waals surface area contributed by atoms with Crippen molar-refractivity contribution in [3.8, 4) is 0 Å². The first-order valence-corrected chi connectivity index (χ1v) is 6.04. The fourth-order valence-electron chi connectivity index (χ4n) is 2.61. The summed E-state index contributed by atoms with van der Waals surface area (Å²) in [6.07, 6.45) is 2.12. The SMILES string of the molecule is O=C(O)C1CCc2c([nH]c3ccc(Cl)cc23)C1.[Na]. The molecule has 1 aromatic heterocycles. The van der Waals surface area contributed by atoms with E-state index in [1.165, 1.54) is 5.56 Å². The number of carbonyl (C=O) groups is 1. The summed E-state index contributed by atoms with van der Waals surface area (Å²) in [5.74, 6) is -0.960. The summed E-state index contributed by atoms with van der Waals surface area (Å²) < 4.78 is 0. The summed E-state index contributed by atoms with van der Waals surface area (Å²) in [4.78, 5) is 14.3. The van der Waals surface area contributed by atoms with Crippen LogP contribution >= 0.6 is 11.6 Å². The van der Waals surface area contributed by atoms with Crippen molar-refractivity contribution in [1.82, 2.24) is 4.98 Å². The van der Waals surface area contributed by atoms with Crippen LogP contribution < -0.4 is 0 Å². The van der Waals surface area contributed by atoms with Crippen LogP contribution in [-0.2, 0) is 17.6 Å². The van der Waals surface area contributed by atoms with Crippen molar-refractivity contribution in [2.75, 3.05) is 0 Å². The van der Waals surface area contributed by atoms with Crippen LogP contribution in [0.25, 0.3) is 10.9 Å². The summed E-state index contributed by atoms with van der Waals surface area (Å²) in [6, 6.07) is 5.75. The van der Waals surface area contributed by atoms with Crippen molar-refractivity contribution in [3.05, 3.63) is 34.5 Å². The van der Waals surface area contributed by atoms with Crippen molar-refractivity contribution in [2.45, 2.75) is 19.3 Å². The molecule has 0 bridgehead atoms. The van der Waals surface area contributed by atoms with Crippen LogP contribution in [0.4, 0.5) is 0 Å². The predicted octanol–water partition coefficient (Wildman–Crippen LogP) is 2.63. The molecule has 0 aliphatic heterocycles. The van der Waals surface area contributed by atoms with Crippen molar-refractivity contribution >= 4 is 58.0 Å². The molecule has 0 saturated carbocycles. The molecule has 0 fully saturated rings. The number of H-pyrrole nitrogens is 1. The molecule has 1 aliphatic carbocycles. The predicted molar refractivity (Wildman–Crippen MR) is 72.2 cm³/mol. The molecule has 1 atom stereocenters. The van der Waals surface area contributed by atoms with Crippen LogP contribution in [0.15, 0.2) is 18.2 Å². The molecule has 0 spiro atoms. The van der Waals surface area contributed by atoms with Gasteiger partial charge in [-0.25, -0.2) is 0 Å². The minimum atomic E-state index is -0.702. The van der Waals surface area contributed by atoms with Gasteiger partial charge in [0, 0.05) is 57.6 Å². The van der Waals surface area contributed by atoms with Gasteiger partial charge >= 0.3 is 5.97 Å². The van der Waals surface area contributed by atoms with Gasteiger partial charge in [-0.15, -0.1) is 0 Å². The van der Waals surface area contributed by atoms with Gasteiger partial charge in [-0.2, -0.15) is 0 Å². The van der Waals surface area contributed by atoms with Gasteiger partial charge in [0.1, 0.15) is 0 Å². The quantitative estimate of drug-likeness (QED) is 0.784. The van der Waals surface area contributed by atoms with Gasteiger partial charge in [0.15, 0.2) is 0 Å². The minimum Gasteiger partial charge on any atom is -0.481 e. The smallest absolute Gasteiger partial charge is 0.306 e. The van der Waals surface area contributed by atoms with E-state index >= 15 is 0 Å². The fourth-order valence-corrected chi connectivity index (χ4v) is 2.79. The third-order valence-corrected chi connectivity index (χ3v) is 3.73. The first kappa shape index (κ1) is 13.9. The number of aromatic nitrogens is 1. The number of halogens is 1. The standard InChI is InChI=1S/C13H12ClNO2.Na/c14-8-2-4-11-10(6-8)9-3-1-7(13(16)17)5-12(9)15-11;/h2,4,6-7,15H,1,3,5H2,(H,16,17);. The van der Waals surface area contributed by atoms with Crippen LogP contribution in [0, 0.1) is 5.92 Å². The van der Waals surface area contributed by atoms with E-state index < -0.39 is 5.97 Å². The van der Waals surface area contributed by atoms with Crippen molar-refractivity contribution < 1.29 is 9.90 Å². The Balaban J connectivity index is 0.00000120. The molecule has 1 unspecified atom stereocenters. The Morgan fingerprint density at radius 3 is 2.94 bits per heavy atom. The zero-order valence-corrected chi connectivity index (χ0v) is 12.9. The van der Waals surface area contributed by atoms with Crippen LogP contribution in [0.2, 0.25) is 5.02 Å². The Hall–Kier alpha value is -0.480. The van der Waals surface area contributed by atoms with Crippen LogP contribution in [0.1, 0.15) is 17.7 Å². The molecule has 1 aromatic carbocycles. The first-order chi connectivity index (χ1) is 8.15. The van der Waals surface area contributed by atoms with Crippen molar-refractivity contribution in [1.29, 1.82) is 0 Å². The second-order valence-corrected chi connectivity index (χ2v) is 4.99. The number of aromatic amines is 1. The van der Waals surface area contributed by atoms with Crippen LogP contribution in [0.5, 0.6) is 0 Å². The van der Waals surface area contributed by atoms with Crippen LogP contribution in [-0.4, -0.2) is 45.6 Å². The summed E-state index contributed by atoms with van der Waals surface area (Å²) in [5.41, 5.74) is 3.34. The maximum absolute atomic E-state index is 11.0. The minimum absolute atomic E-state index is 0. The summed E-state index contributed by atoms with van der Waals surface area (Å²) >= 11 is 5.99. The van der Waals surface area contributed by atoms with Gasteiger partial charge in [0.2, 0.25) is 0 Å². The number of carboxylic acids is 1. The molecule has 2 aromatic rings. The molecule has 3 nitrogen and oxygen atoms in total. The van der Waals surface area contributed by atoms with Crippen molar-refractivity contribution in [2.24, 2.45) is 5.92 Å². The number of benzene rings is 1. The van der Waals surface area contributed by atoms with Crippen LogP contribution in [0.3, 0.4) is 0 Å². The largest absolute Gasteiger partial charge is 0.481 e. The zero-order valence-electron chi connectivity index (χ0n) is 10.2. The second-order valence-electron chi connectivity index (χ2n) is 4.55. The van der Waals surface area contributed by atoms with Gasteiger partial charge in [-0.3, -0.25) is 4.79 Å². The normalized spacial score (nSPS) is 18.2. The van der Waals surface area contributed by atoms with Gasteiger partial charge in [-0.05, 0) is 36.6 Å². The molecular formula is C13H12ClNNaO2. The zero-order chi connectivity index (χ0) is 12.0. The number of aliphatic carboxylic acids is 1. The number of rotatable bonds is 1. The van der Waals surface area contributed by atoms with Crippen molar-refractivity contribution in [3.63, 3.8) is 0 Å². The number of fused-ring (bicyclic) bond motifs is 3. The van der Waals surface area contributed by atoms with E-state index in [0.29, 0.717) is 12.8 Å². The molecule has 0 saturated heterocycles. The number of hydrogen-bond donors (Lipinski definition) is 2. The van der Waals surface area contributed by atoms with E-state index in [1.54, 1.807) is 0 Å². The number of aryl methyl sites for hydroxylation is 1. The monoisotopic (exact) mass is 272 g/mol. The molecule has 1 aliphatic rings. The average Bonchev–Trinajstić information content (AvgIpc) is 2.66. The maximum Gasteiger partial charge on any atom is 0.306 e. The molecule has 0 amide bonds. The van der Waals surface area contributed by atoms with E-state index in [4.69, 9.17) is 16.7 Å². The molecule has 2 N–H and O–H groups in total. The Morgan fingerprint density at radius 1 is 1.44 bits per heavy atom. The molecular weight excluding hydrogens is 261 g/mol. The summed E-state index contributed by atoms with van der Waals surface area (Å²) in [5, 5.41) is 10.9. The fraction of sp³-hybridized carbons (Fsp3) is 0.308. The number of nitrogens with one attached hydrogen (secondary N) is 1. The van der Waals surface area contributed by atoms with E-state index in [-0.39, 0.29) is 35.5 Å². The van der Waals surface area contributed by atoms with E-state index in [9.17, 15) is 4.79 Å². The Labute approximate surface area is 132 Å². The molecule has 1 radical (unpaired) electrons. The van der Waals surface area contributed by atoms with E-state index in [0.717, 1.165) is 28.0 Å². The molecule has 18 heavy (non-hydrogen) atoms. The van der Waals surface area contributed by atoms with Gasteiger partial charge in [0.25, 0.3) is 0 Å². The third kappa shape index (κ3) is 2.32. The summed E-state index contributed by atoms with van der Waals surface area (Å²) in [6.45, 7) is 0. The Bertz CT molecular complexity index is 608. The number of hydrogen-bond acceptors (Lipinski definition) is 1. The second kappa shape index (κ2) is 5.25.